The second kappa shape index (κ2) is 8.14. The zero-order valence-corrected chi connectivity index (χ0v) is 19.4. The smallest absolute Gasteiger partial charge is 0.273 e. The van der Waals surface area contributed by atoms with Crippen LogP contribution in [0.15, 0.2) is 52.4 Å². The van der Waals surface area contributed by atoms with Crippen molar-refractivity contribution in [1.82, 2.24) is 4.90 Å². The van der Waals surface area contributed by atoms with Gasteiger partial charge in [-0.25, -0.2) is 8.42 Å². The molecule has 0 fully saturated rings. The minimum absolute atomic E-state index is 0.0888. The molecular formula is C23H26N4O4S. The van der Waals surface area contributed by atoms with Crippen LogP contribution >= 0.6 is 0 Å². The van der Waals surface area contributed by atoms with E-state index < -0.39 is 9.84 Å². The Morgan fingerprint density at radius 1 is 1.03 bits per heavy atom. The SMILES string of the molecule is CC(=O)N1c2ccc(-c3ccc(S(C)(=O)=O)cc3)cc2N(C(=O)C2=NCN(C)C2)C[C@@H]1C. The highest BCUT2D eigenvalue weighted by Gasteiger charge is 2.36. The molecule has 8 nitrogen and oxygen atoms in total. The molecular weight excluding hydrogens is 428 g/mol. The van der Waals surface area contributed by atoms with Crippen molar-refractivity contribution in [2.45, 2.75) is 24.8 Å². The number of sulfone groups is 1. The van der Waals surface area contributed by atoms with Crippen LogP contribution in [0.25, 0.3) is 11.1 Å². The Labute approximate surface area is 188 Å². The number of amides is 2. The fourth-order valence-electron chi connectivity index (χ4n) is 4.22. The minimum atomic E-state index is -3.29. The predicted molar refractivity (Wildman–Crippen MR) is 125 cm³/mol. The molecule has 0 N–H and O–H groups in total. The summed E-state index contributed by atoms with van der Waals surface area (Å²) < 4.78 is 23.5. The number of aliphatic imine (C=N–C) groups is 1. The molecule has 0 bridgehead atoms. The molecule has 32 heavy (non-hydrogen) atoms. The van der Waals surface area contributed by atoms with E-state index in [-0.39, 0.29) is 22.8 Å². The highest BCUT2D eigenvalue weighted by Crippen LogP contribution is 2.39. The summed E-state index contributed by atoms with van der Waals surface area (Å²) >= 11 is 0. The Balaban J connectivity index is 1.78. The van der Waals surface area contributed by atoms with Crippen LogP contribution in [0, 0.1) is 0 Å². The molecule has 1 atom stereocenters. The van der Waals surface area contributed by atoms with Gasteiger partial charge in [-0.3, -0.25) is 19.5 Å². The Morgan fingerprint density at radius 2 is 1.69 bits per heavy atom. The largest absolute Gasteiger partial charge is 0.306 e. The fourth-order valence-corrected chi connectivity index (χ4v) is 4.85. The maximum atomic E-state index is 13.3. The van der Waals surface area contributed by atoms with Crippen molar-refractivity contribution in [3.8, 4) is 11.1 Å². The van der Waals surface area contributed by atoms with Crippen LogP contribution in [0.5, 0.6) is 0 Å². The van der Waals surface area contributed by atoms with Crippen molar-refractivity contribution in [3.63, 3.8) is 0 Å². The normalized spacial score (nSPS) is 19.0. The van der Waals surface area contributed by atoms with E-state index in [0.29, 0.717) is 36.8 Å². The van der Waals surface area contributed by atoms with Crippen LogP contribution in [0.4, 0.5) is 11.4 Å². The second-order valence-corrected chi connectivity index (χ2v) is 10.4. The summed E-state index contributed by atoms with van der Waals surface area (Å²) in [6.07, 6.45) is 1.17. The van der Waals surface area contributed by atoms with Gasteiger partial charge < -0.3 is 9.80 Å². The number of fused-ring (bicyclic) bond motifs is 1. The summed E-state index contributed by atoms with van der Waals surface area (Å²) in [7, 11) is -1.38. The molecule has 2 aliphatic heterocycles. The predicted octanol–water partition coefficient (Wildman–Crippen LogP) is 2.19. The van der Waals surface area contributed by atoms with Gasteiger partial charge in [0.25, 0.3) is 5.91 Å². The van der Waals surface area contributed by atoms with Crippen LogP contribution in [-0.2, 0) is 19.4 Å². The van der Waals surface area contributed by atoms with Crippen molar-refractivity contribution in [2.24, 2.45) is 4.99 Å². The number of anilines is 2. The number of benzene rings is 2. The van der Waals surface area contributed by atoms with Gasteiger partial charge in [-0.15, -0.1) is 0 Å². The summed E-state index contributed by atoms with van der Waals surface area (Å²) in [6, 6.07) is 12.1. The van der Waals surface area contributed by atoms with Crippen molar-refractivity contribution < 1.29 is 18.0 Å². The molecule has 2 aromatic rings. The van der Waals surface area contributed by atoms with Crippen molar-refractivity contribution in [1.29, 1.82) is 0 Å². The molecule has 2 heterocycles. The topological polar surface area (TPSA) is 90.4 Å². The Morgan fingerprint density at radius 3 is 2.25 bits per heavy atom. The van der Waals surface area contributed by atoms with Crippen LogP contribution < -0.4 is 9.80 Å². The maximum Gasteiger partial charge on any atom is 0.273 e. The monoisotopic (exact) mass is 454 g/mol. The van der Waals surface area contributed by atoms with E-state index in [1.54, 1.807) is 34.1 Å². The molecule has 168 valence electrons. The Kier molecular flexibility index (Phi) is 5.64. The Hall–Kier alpha value is -3.04. The Bertz CT molecular complexity index is 1220. The summed E-state index contributed by atoms with van der Waals surface area (Å²) in [6.45, 7) is 4.78. The molecule has 0 unspecified atom stereocenters. The number of rotatable bonds is 3. The summed E-state index contributed by atoms with van der Waals surface area (Å²) in [5.41, 5.74) is 3.46. The van der Waals surface area contributed by atoms with Gasteiger partial charge in [-0.05, 0) is 49.4 Å². The van der Waals surface area contributed by atoms with Crippen LogP contribution in [-0.4, -0.2) is 69.9 Å². The third kappa shape index (κ3) is 4.05. The molecule has 0 aliphatic carbocycles. The zero-order chi connectivity index (χ0) is 23.2. The maximum absolute atomic E-state index is 13.3. The average molecular weight is 455 g/mol. The third-order valence-electron chi connectivity index (χ3n) is 5.78. The van der Waals surface area contributed by atoms with Crippen LogP contribution in [0.1, 0.15) is 13.8 Å². The van der Waals surface area contributed by atoms with Crippen molar-refractivity contribution >= 4 is 38.7 Å². The summed E-state index contributed by atoms with van der Waals surface area (Å²) in [4.78, 5) is 35.7. The molecule has 2 aromatic carbocycles. The molecule has 0 radical (unpaired) electrons. The first-order chi connectivity index (χ1) is 15.1. The quantitative estimate of drug-likeness (QED) is 0.709. The number of nitrogens with zero attached hydrogens (tertiary/aromatic N) is 4. The molecule has 0 aromatic heterocycles. The van der Waals surface area contributed by atoms with E-state index in [0.717, 1.165) is 11.1 Å². The lowest BCUT2D eigenvalue weighted by atomic mass is 10.00. The zero-order valence-electron chi connectivity index (χ0n) is 18.6. The van der Waals surface area contributed by atoms with Gasteiger partial charge in [-0.1, -0.05) is 18.2 Å². The fraction of sp³-hybridized carbons (Fsp3) is 0.348. The minimum Gasteiger partial charge on any atom is -0.306 e. The molecule has 0 spiro atoms. The van der Waals surface area contributed by atoms with Gasteiger partial charge in [0.15, 0.2) is 9.84 Å². The van der Waals surface area contributed by atoms with E-state index in [2.05, 4.69) is 4.99 Å². The first-order valence-corrected chi connectivity index (χ1v) is 12.2. The van der Waals surface area contributed by atoms with Gasteiger partial charge in [0.1, 0.15) is 5.71 Å². The third-order valence-corrected chi connectivity index (χ3v) is 6.91. The summed E-state index contributed by atoms with van der Waals surface area (Å²) in [5.74, 6) is -0.246. The molecule has 0 saturated carbocycles. The summed E-state index contributed by atoms with van der Waals surface area (Å²) in [5, 5.41) is 0. The van der Waals surface area contributed by atoms with E-state index in [1.165, 1.54) is 13.2 Å². The molecule has 0 saturated heterocycles. The van der Waals surface area contributed by atoms with E-state index in [9.17, 15) is 18.0 Å². The molecule has 2 amide bonds. The second-order valence-electron chi connectivity index (χ2n) is 8.41. The lowest BCUT2D eigenvalue weighted by molar-refractivity contribution is -0.117. The van der Waals surface area contributed by atoms with Crippen molar-refractivity contribution in [3.05, 3.63) is 42.5 Å². The molecule has 9 heteroatoms. The average Bonchev–Trinajstić information content (AvgIpc) is 3.17. The number of carbonyl (C=O) groups excluding carboxylic acids is 2. The first kappa shape index (κ1) is 22.2. The lowest BCUT2D eigenvalue weighted by Gasteiger charge is -2.41. The molecule has 4 rings (SSSR count). The van der Waals surface area contributed by atoms with Gasteiger partial charge >= 0.3 is 0 Å². The van der Waals surface area contributed by atoms with E-state index in [4.69, 9.17) is 0 Å². The van der Waals surface area contributed by atoms with E-state index in [1.807, 2.05) is 37.1 Å². The highest BCUT2D eigenvalue weighted by molar-refractivity contribution is 7.90. The molecule has 2 aliphatic rings. The van der Waals surface area contributed by atoms with E-state index >= 15 is 0 Å². The van der Waals surface area contributed by atoms with Gasteiger partial charge in [-0.2, -0.15) is 0 Å². The van der Waals surface area contributed by atoms with Crippen molar-refractivity contribution in [2.75, 3.05) is 42.9 Å². The number of carbonyl (C=O) groups is 2. The van der Waals surface area contributed by atoms with Crippen LogP contribution in [0.3, 0.4) is 0 Å². The van der Waals surface area contributed by atoms with Gasteiger partial charge in [0.05, 0.1) is 29.0 Å². The number of hydrogen-bond donors (Lipinski definition) is 0. The van der Waals surface area contributed by atoms with Gasteiger partial charge in [0.2, 0.25) is 5.91 Å². The lowest BCUT2D eigenvalue weighted by Crippen LogP contribution is -2.53. The van der Waals surface area contributed by atoms with Crippen LogP contribution in [0.2, 0.25) is 0 Å². The first-order valence-electron chi connectivity index (χ1n) is 10.3. The standard InChI is InChI=1S/C23H26N4O4S/c1-15-12-26(23(29)20-13-25(3)14-24-20)22-11-18(7-10-21(22)27(15)16(2)28)17-5-8-19(9-6-17)32(4,30)31/h5-11,15H,12-14H2,1-4H3/t15-/m0/s1. The highest BCUT2D eigenvalue weighted by atomic mass is 32.2. The van der Waals surface area contributed by atoms with Gasteiger partial charge in [0, 0.05) is 26.3 Å². The number of hydrogen-bond acceptors (Lipinski definition) is 6.